The molecule has 81 heavy (non-hydrogen) atoms. The Morgan fingerprint density at radius 3 is 1.06 bits per heavy atom. The number of unbranched alkanes of at least 4 members (excludes halogenated alkanes) is 49. The molecule has 0 aromatic carbocycles. The number of ether oxygens (including phenoxy) is 2. The second kappa shape index (κ2) is 61.5. The van der Waals surface area contributed by atoms with Gasteiger partial charge in [-0.1, -0.05) is 339 Å². The van der Waals surface area contributed by atoms with Crippen LogP contribution in [0, 0.1) is 0 Å². The number of aliphatic hydroxyl groups excluding tert-OH is 5. The third-order valence-electron chi connectivity index (χ3n) is 17.2. The number of rotatable bonds is 63. The maximum absolute atomic E-state index is 13.1. The van der Waals surface area contributed by atoms with Crippen LogP contribution in [0.2, 0.25) is 0 Å². The van der Waals surface area contributed by atoms with Crippen LogP contribution in [0.3, 0.4) is 0 Å². The van der Waals surface area contributed by atoms with Gasteiger partial charge in [-0.2, -0.15) is 0 Å². The van der Waals surface area contributed by atoms with Crippen molar-refractivity contribution in [1.29, 1.82) is 0 Å². The molecule has 0 aromatic heterocycles. The summed E-state index contributed by atoms with van der Waals surface area (Å²) in [6, 6.07) is -0.805. The number of amides is 1. The number of carbonyl (C=O) groups excluding carboxylic acids is 1. The molecule has 478 valence electrons. The molecule has 1 saturated heterocycles. The fourth-order valence-corrected chi connectivity index (χ4v) is 11.6. The van der Waals surface area contributed by atoms with Gasteiger partial charge in [0.15, 0.2) is 6.29 Å². The zero-order valence-corrected chi connectivity index (χ0v) is 53.6. The highest BCUT2D eigenvalue weighted by atomic mass is 16.7. The van der Waals surface area contributed by atoms with Crippen molar-refractivity contribution in [2.45, 2.75) is 403 Å². The first-order valence-electron chi connectivity index (χ1n) is 35.7. The van der Waals surface area contributed by atoms with Gasteiger partial charge in [0.05, 0.1) is 25.4 Å². The molecule has 1 aliphatic rings. The zero-order valence-electron chi connectivity index (χ0n) is 53.6. The third-order valence-corrected chi connectivity index (χ3v) is 17.2. The normalized spacial score (nSPS) is 18.5. The number of allylic oxidation sites excluding steroid dienone is 5. The molecule has 6 N–H and O–H groups in total. The molecule has 0 spiro atoms. The van der Waals surface area contributed by atoms with Gasteiger partial charge in [-0.15, -0.1) is 0 Å². The third kappa shape index (κ3) is 50.3. The van der Waals surface area contributed by atoms with Crippen LogP contribution in [0.1, 0.15) is 361 Å². The molecular formula is C72H137NO8. The van der Waals surface area contributed by atoms with Crippen molar-refractivity contribution in [3.63, 3.8) is 0 Å². The Bertz CT molecular complexity index is 1370. The Morgan fingerprint density at radius 2 is 0.728 bits per heavy atom. The van der Waals surface area contributed by atoms with Crippen LogP contribution in [0.25, 0.3) is 0 Å². The summed E-state index contributed by atoms with van der Waals surface area (Å²) in [7, 11) is 0. The maximum Gasteiger partial charge on any atom is 0.220 e. The van der Waals surface area contributed by atoms with Gasteiger partial charge in [0.25, 0.3) is 0 Å². The standard InChI is InChI=1S/C72H137NO8/c1-3-5-7-9-11-13-15-17-19-21-23-25-27-29-30-31-32-33-34-35-36-38-40-42-44-46-48-50-52-54-56-58-60-62-68(76)73-65(64-80-72-71(79)70(78)69(77)67(63-74)81-72)66(75)61-59-57-55-53-51-49-47-45-43-41-39-37-28-26-24-22-20-18-16-14-12-10-8-6-4-2/h15,17,21,23,59,61,65-67,69-72,74-75,77-79H,3-14,16,18-20,22,24-58,60,62-64H2,1-2H3,(H,73,76)/b17-15-,23-21-,61-59+. The van der Waals surface area contributed by atoms with Gasteiger partial charge < -0.3 is 40.3 Å². The fraction of sp³-hybridized carbons (Fsp3) is 0.903. The minimum atomic E-state index is -1.57. The van der Waals surface area contributed by atoms with E-state index in [-0.39, 0.29) is 12.5 Å². The summed E-state index contributed by atoms with van der Waals surface area (Å²) in [5.41, 5.74) is 0. The number of carbonyl (C=O) groups is 1. The van der Waals surface area contributed by atoms with Crippen LogP contribution >= 0.6 is 0 Å². The predicted molar refractivity (Wildman–Crippen MR) is 346 cm³/mol. The van der Waals surface area contributed by atoms with Crippen molar-refractivity contribution in [3.05, 3.63) is 36.5 Å². The minimum absolute atomic E-state index is 0.169. The number of hydrogen-bond acceptors (Lipinski definition) is 8. The molecule has 7 atom stereocenters. The van der Waals surface area contributed by atoms with Crippen LogP contribution in [-0.4, -0.2) is 87.5 Å². The van der Waals surface area contributed by atoms with E-state index in [0.29, 0.717) is 6.42 Å². The zero-order chi connectivity index (χ0) is 58.6. The monoisotopic (exact) mass is 1140 g/mol. The van der Waals surface area contributed by atoms with Gasteiger partial charge in [-0.3, -0.25) is 4.79 Å². The van der Waals surface area contributed by atoms with Gasteiger partial charge in [0.2, 0.25) is 5.91 Å². The van der Waals surface area contributed by atoms with Crippen molar-refractivity contribution in [2.75, 3.05) is 13.2 Å². The molecular weight excluding hydrogens is 1010 g/mol. The van der Waals surface area contributed by atoms with E-state index in [1.54, 1.807) is 6.08 Å². The highest BCUT2D eigenvalue weighted by Gasteiger charge is 2.44. The first kappa shape index (κ1) is 77.4. The van der Waals surface area contributed by atoms with E-state index in [9.17, 15) is 30.3 Å². The molecule has 1 rings (SSSR count). The van der Waals surface area contributed by atoms with Crippen molar-refractivity contribution >= 4 is 5.91 Å². The maximum atomic E-state index is 13.1. The topological polar surface area (TPSA) is 149 Å². The molecule has 1 fully saturated rings. The average molecular weight is 1140 g/mol. The first-order chi connectivity index (χ1) is 39.8. The summed E-state index contributed by atoms with van der Waals surface area (Å²) in [6.45, 7) is 3.82. The molecule has 1 aliphatic heterocycles. The summed E-state index contributed by atoms with van der Waals surface area (Å²) >= 11 is 0. The second-order valence-electron chi connectivity index (χ2n) is 25.0. The summed E-state index contributed by atoms with van der Waals surface area (Å²) in [5, 5.41) is 54.8. The molecule has 0 bridgehead atoms. The molecule has 0 aromatic rings. The number of hydrogen-bond donors (Lipinski definition) is 6. The van der Waals surface area contributed by atoms with E-state index < -0.39 is 49.5 Å². The van der Waals surface area contributed by atoms with E-state index in [2.05, 4.69) is 43.5 Å². The number of aliphatic hydroxyl groups is 5. The number of nitrogens with one attached hydrogen (secondary N) is 1. The Kier molecular flexibility index (Phi) is 58.8. The lowest BCUT2D eigenvalue weighted by molar-refractivity contribution is -0.302. The summed E-state index contributed by atoms with van der Waals surface area (Å²) in [4.78, 5) is 13.1. The lowest BCUT2D eigenvalue weighted by Crippen LogP contribution is -2.60. The second-order valence-corrected chi connectivity index (χ2v) is 25.0. The highest BCUT2D eigenvalue weighted by Crippen LogP contribution is 2.23. The molecule has 0 aliphatic carbocycles. The van der Waals surface area contributed by atoms with E-state index in [1.165, 1.54) is 295 Å². The predicted octanol–water partition coefficient (Wildman–Crippen LogP) is 19.4. The van der Waals surface area contributed by atoms with Gasteiger partial charge >= 0.3 is 0 Å². The van der Waals surface area contributed by atoms with Gasteiger partial charge in [-0.25, -0.2) is 0 Å². The molecule has 7 unspecified atom stereocenters. The Balaban J connectivity index is 2.11. The van der Waals surface area contributed by atoms with Crippen molar-refractivity contribution in [1.82, 2.24) is 5.32 Å². The molecule has 9 nitrogen and oxygen atoms in total. The van der Waals surface area contributed by atoms with Crippen LogP contribution in [0.5, 0.6) is 0 Å². The van der Waals surface area contributed by atoms with Gasteiger partial charge in [0, 0.05) is 6.42 Å². The van der Waals surface area contributed by atoms with Crippen molar-refractivity contribution < 1.29 is 39.8 Å². The Morgan fingerprint density at radius 1 is 0.420 bits per heavy atom. The molecule has 1 heterocycles. The van der Waals surface area contributed by atoms with E-state index in [0.717, 1.165) is 44.9 Å². The quantitative estimate of drug-likeness (QED) is 0.0261. The molecule has 9 heteroatoms. The van der Waals surface area contributed by atoms with Gasteiger partial charge in [-0.05, 0) is 51.4 Å². The molecule has 0 saturated carbocycles. The SMILES string of the molecule is CCCCCCC/C=C\C/C=C\CCCCCCCCCCCCCCCCCCCCCCCC(=O)NC(COC1OC(CO)C(O)C(O)C1O)C(O)/C=C/CCCCCCCCCCCCCCCCCCCCCCCCC. The van der Waals surface area contributed by atoms with Gasteiger partial charge in [0.1, 0.15) is 24.4 Å². The molecule has 1 amide bonds. The Hall–Kier alpha value is -1.59. The largest absolute Gasteiger partial charge is 0.394 e. The van der Waals surface area contributed by atoms with Crippen LogP contribution in [-0.2, 0) is 14.3 Å². The fourth-order valence-electron chi connectivity index (χ4n) is 11.6. The van der Waals surface area contributed by atoms with Crippen LogP contribution < -0.4 is 5.32 Å². The summed E-state index contributed by atoms with van der Waals surface area (Å²) in [5.74, 6) is -0.169. The summed E-state index contributed by atoms with van der Waals surface area (Å²) < 4.78 is 11.3. The highest BCUT2D eigenvalue weighted by molar-refractivity contribution is 5.76. The Labute approximate surface area is 501 Å². The molecule has 0 radical (unpaired) electrons. The smallest absolute Gasteiger partial charge is 0.220 e. The van der Waals surface area contributed by atoms with E-state index >= 15 is 0 Å². The van der Waals surface area contributed by atoms with Crippen LogP contribution in [0.4, 0.5) is 0 Å². The average Bonchev–Trinajstić information content (AvgIpc) is 3.50. The van der Waals surface area contributed by atoms with E-state index in [1.807, 2.05) is 6.08 Å². The lowest BCUT2D eigenvalue weighted by Gasteiger charge is -2.40. The van der Waals surface area contributed by atoms with Crippen molar-refractivity contribution in [3.8, 4) is 0 Å². The first-order valence-corrected chi connectivity index (χ1v) is 35.7. The lowest BCUT2D eigenvalue weighted by atomic mass is 9.99. The summed E-state index contributed by atoms with van der Waals surface area (Å²) in [6.07, 6.45) is 75.4. The van der Waals surface area contributed by atoms with Crippen molar-refractivity contribution in [2.24, 2.45) is 0 Å². The van der Waals surface area contributed by atoms with E-state index in [4.69, 9.17) is 9.47 Å². The minimum Gasteiger partial charge on any atom is -0.394 e. The van der Waals surface area contributed by atoms with Crippen LogP contribution in [0.15, 0.2) is 36.5 Å².